The third-order valence-electron chi connectivity index (χ3n) is 1.71. The van der Waals surface area contributed by atoms with Crippen LogP contribution in [0.5, 0.6) is 0 Å². The van der Waals surface area contributed by atoms with E-state index >= 15 is 0 Å². The normalized spacial score (nSPS) is 27.9. The minimum Gasteiger partial charge on any atom is -0.399 e. The van der Waals surface area contributed by atoms with Crippen LogP contribution in [0, 0.1) is 0 Å². The summed E-state index contributed by atoms with van der Waals surface area (Å²) in [6.45, 7) is 0. The molecule has 0 radical (unpaired) electrons. The minimum absolute atomic E-state index is 0.236. The summed E-state index contributed by atoms with van der Waals surface area (Å²) in [6, 6.07) is -2.01. The van der Waals surface area contributed by atoms with Crippen LogP contribution in [0.1, 0.15) is 0 Å². The maximum Gasteiger partial charge on any atom is 0.362 e. The van der Waals surface area contributed by atoms with Crippen molar-refractivity contribution in [3.05, 3.63) is 0 Å². The zero-order chi connectivity index (χ0) is 10.9. The van der Waals surface area contributed by atoms with Crippen molar-refractivity contribution in [1.82, 2.24) is 4.31 Å². The molecule has 3 N–H and O–H groups in total. The molecule has 0 spiro atoms. The summed E-state index contributed by atoms with van der Waals surface area (Å²) in [7, 11) is -3.32. The molecule has 1 aliphatic rings. The van der Waals surface area contributed by atoms with Crippen LogP contribution in [0.3, 0.4) is 0 Å². The van der Waals surface area contributed by atoms with Gasteiger partial charge in [0.2, 0.25) is 0 Å². The van der Waals surface area contributed by atoms with Gasteiger partial charge in [0.15, 0.2) is 0 Å². The van der Waals surface area contributed by atoms with Crippen LogP contribution in [-0.2, 0) is 19.9 Å². The van der Waals surface area contributed by atoms with E-state index in [2.05, 4.69) is 9.99 Å². The Morgan fingerprint density at radius 2 is 2.29 bits per heavy atom. The maximum absolute atomic E-state index is 10.9. The molecule has 9 heteroatoms. The molecule has 0 bridgehead atoms. The Labute approximate surface area is 80.2 Å². The maximum atomic E-state index is 10.9. The highest BCUT2D eigenvalue weighted by molar-refractivity contribution is 7.84. The second-order valence-corrected chi connectivity index (χ2v) is 3.85. The molecule has 0 aromatic heterocycles. The topological polar surface area (TPSA) is 122 Å². The van der Waals surface area contributed by atoms with Crippen molar-refractivity contribution in [2.24, 2.45) is 10.9 Å². The molecule has 1 amide bonds. The Morgan fingerprint density at radius 3 is 2.71 bits per heavy atom. The van der Waals surface area contributed by atoms with Gasteiger partial charge in [0.05, 0.1) is 6.21 Å². The predicted molar refractivity (Wildman–Crippen MR) is 45.7 cm³/mol. The van der Waals surface area contributed by atoms with Gasteiger partial charge in [-0.15, -0.1) is 0 Å². The van der Waals surface area contributed by atoms with Crippen LogP contribution in [0.4, 0.5) is 0 Å². The number of amides is 1. The molecule has 1 aliphatic heterocycles. The quantitative estimate of drug-likeness (QED) is 0.246. The summed E-state index contributed by atoms with van der Waals surface area (Å²) in [5, 5.41) is 3.27. The third-order valence-corrected chi connectivity index (χ3v) is 2.63. The smallest absolute Gasteiger partial charge is 0.362 e. The fraction of sp³-hybridized carbons (Fsp3) is 0.600. The number of oxime groups is 1. The van der Waals surface area contributed by atoms with E-state index < -0.39 is 28.3 Å². The van der Waals surface area contributed by atoms with Gasteiger partial charge < -0.3 is 10.6 Å². The van der Waals surface area contributed by atoms with Gasteiger partial charge in [-0.1, -0.05) is 5.16 Å². The molecule has 0 aliphatic carbocycles. The summed E-state index contributed by atoms with van der Waals surface area (Å²) >= 11 is 0. The monoisotopic (exact) mass is 223 g/mol. The number of hydrogen-bond acceptors (Lipinski definition) is 6. The average molecular weight is 223 g/mol. The Bertz CT molecular complexity index is 364. The molecule has 8 nitrogen and oxygen atoms in total. The van der Waals surface area contributed by atoms with Crippen molar-refractivity contribution in [2.75, 3.05) is 7.11 Å². The van der Waals surface area contributed by atoms with Gasteiger partial charge in [-0.05, 0) is 0 Å². The van der Waals surface area contributed by atoms with E-state index in [1.54, 1.807) is 0 Å². The molecule has 14 heavy (non-hydrogen) atoms. The van der Waals surface area contributed by atoms with Crippen LogP contribution in [-0.4, -0.2) is 48.6 Å². The first-order valence-corrected chi connectivity index (χ1v) is 4.92. The lowest BCUT2D eigenvalue weighted by molar-refractivity contribution is -0.137. The summed E-state index contributed by atoms with van der Waals surface area (Å²) in [5.74, 6) is -0.875. The highest BCUT2D eigenvalue weighted by Gasteiger charge is 2.50. The van der Waals surface area contributed by atoms with Gasteiger partial charge in [0.25, 0.3) is 5.91 Å². The van der Waals surface area contributed by atoms with Gasteiger partial charge in [-0.2, -0.15) is 8.42 Å². The molecule has 80 valence electrons. The first kappa shape index (κ1) is 10.9. The van der Waals surface area contributed by atoms with Gasteiger partial charge >= 0.3 is 10.3 Å². The zero-order valence-electron chi connectivity index (χ0n) is 7.19. The largest absolute Gasteiger partial charge is 0.399 e. The van der Waals surface area contributed by atoms with Gasteiger partial charge in [0, 0.05) is 0 Å². The van der Waals surface area contributed by atoms with Crippen molar-refractivity contribution in [3.8, 4) is 0 Å². The number of rotatable bonds is 3. The lowest BCUT2D eigenvalue weighted by Crippen LogP contribution is -2.70. The number of nitrogens with two attached hydrogens (primary N) is 1. The number of β-lactam (4-membered cyclic amide) rings is 1. The average Bonchev–Trinajstić information content (AvgIpc) is 2.08. The van der Waals surface area contributed by atoms with E-state index in [0.29, 0.717) is 0 Å². The molecule has 1 fully saturated rings. The molecule has 2 atom stereocenters. The number of carbonyl (C=O) groups is 1. The second-order valence-electron chi connectivity index (χ2n) is 2.57. The highest BCUT2D eigenvalue weighted by atomic mass is 32.2. The molecule has 0 aromatic rings. The van der Waals surface area contributed by atoms with Crippen molar-refractivity contribution in [2.45, 2.75) is 12.1 Å². The number of hydrogen-bond donors (Lipinski definition) is 2. The lowest BCUT2D eigenvalue weighted by atomic mass is 10.0. The third kappa shape index (κ3) is 1.69. The van der Waals surface area contributed by atoms with Crippen LogP contribution >= 0.6 is 0 Å². The fourth-order valence-corrected chi connectivity index (χ4v) is 1.89. The van der Waals surface area contributed by atoms with E-state index in [0.717, 1.165) is 6.21 Å². The molecule has 0 unspecified atom stereocenters. The molecule has 1 saturated heterocycles. The molecule has 0 aromatic carbocycles. The first-order valence-electron chi connectivity index (χ1n) is 3.52. The van der Waals surface area contributed by atoms with E-state index in [-0.39, 0.29) is 4.31 Å². The van der Waals surface area contributed by atoms with Gasteiger partial charge in [-0.3, -0.25) is 9.35 Å². The summed E-state index contributed by atoms with van der Waals surface area (Å²) in [5.41, 5.74) is 5.28. The molecular weight excluding hydrogens is 214 g/mol. The van der Waals surface area contributed by atoms with Crippen molar-refractivity contribution in [1.29, 1.82) is 0 Å². The number of carbonyl (C=O) groups excluding carboxylic acids is 1. The Hall–Kier alpha value is -1.19. The second kappa shape index (κ2) is 3.52. The van der Waals surface area contributed by atoms with Crippen LogP contribution in [0.2, 0.25) is 0 Å². The van der Waals surface area contributed by atoms with Crippen molar-refractivity contribution < 1.29 is 22.6 Å². The van der Waals surface area contributed by atoms with Crippen LogP contribution in [0.25, 0.3) is 0 Å². The van der Waals surface area contributed by atoms with Gasteiger partial charge in [-0.25, -0.2) is 4.31 Å². The molecular formula is C5H9N3O5S. The lowest BCUT2D eigenvalue weighted by Gasteiger charge is -2.39. The van der Waals surface area contributed by atoms with E-state index in [1.807, 2.05) is 0 Å². The van der Waals surface area contributed by atoms with E-state index in [1.165, 1.54) is 7.11 Å². The van der Waals surface area contributed by atoms with Crippen LogP contribution < -0.4 is 5.73 Å². The summed E-state index contributed by atoms with van der Waals surface area (Å²) in [4.78, 5) is 15.2. The molecule has 1 rings (SSSR count). The number of nitrogens with zero attached hydrogens (tertiary/aromatic N) is 2. The highest BCUT2D eigenvalue weighted by Crippen LogP contribution is 2.20. The SMILES string of the molecule is CON=C[C@@H]1[C@H](N)C(=O)N1S(=O)(=O)O. The standard InChI is InChI=1S/C5H9N3O5S/c1-13-7-2-3-4(6)5(9)8(3)14(10,11)12/h2-4H,6H2,1H3,(H,10,11,12)/t3-,4+/m1/s1. The van der Waals surface area contributed by atoms with Crippen LogP contribution in [0.15, 0.2) is 5.16 Å². The molecule has 0 saturated carbocycles. The van der Waals surface area contributed by atoms with Gasteiger partial charge in [0.1, 0.15) is 19.2 Å². The Morgan fingerprint density at radius 1 is 1.71 bits per heavy atom. The Balaban J connectivity index is 2.86. The Kier molecular flexibility index (Phi) is 2.73. The van der Waals surface area contributed by atoms with E-state index in [4.69, 9.17) is 10.3 Å². The fourth-order valence-electron chi connectivity index (χ4n) is 1.05. The van der Waals surface area contributed by atoms with Crippen molar-refractivity contribution in [3.63, 3.8) is 0 Å². The minimum atomic E-state index is -4.57. The predicted octanol–water partition coefficient (Wildman–Crippen LogP) is -2.04. The summed E-state index contributed by atoms with van der Waals surface area (Å²) < 4.78 is 30.1. The molecule has 1 heterocycles. The zero-order valence-corrected chi connectivity index (χ0v) is 8.01. The van der Waals surface area contributed by atoms with Crippen molar-refractivity contribution >= 4 is 22.4 Å². The first-order chi connectivity index (χ1) is 6.39. The van der Waals surface area contributed by atoms with E-state index in [9.17, 15) is 13.2 Å². The summed E-state index contributed by atoms with van der Waals surface area (Å²) in [6.07, 6.45) is 1.03.